The minimum Gasteiger partial charge on any atom is -0.356 e. The van der Waals surface area contributed by atoms with Crippen LogP contribution in [0.2, 0.25) is 0 Å². The fourth-order valence-electron chi connectivity index (χ4n) is 2.76. The number of aryl methyl sites for hydroxylation is 1. The lowest BCUT2D eigenvalue weighted by atomic mass is 9.93. The summed E-state index contributed by atoms with van der Waals surface area (Å²) in [5, 5.41) is 7.07. The van der Waals surface area contributed by atoms with E-state index in [4.69, 9.17) is 0 Å². The zero-order chi connectivity index (χ0) is 13.1. The van der Waals surface area contributed by atoms with Crippen LogP contribution in [-0.2, 0) is 6.42 Å². The highest BCUT2D eigenvalue weighted by molar-refractivity contribution is 5.39. The van der Waals surface area contributed by atoms with Crippen molar-refractivity contribution in [3.63, 3.8) is 0 Å². The average molecular weight is 257 g/mol. The summed E-state index contributed by atoms with van der Waals surface area (Å²) in [5.41, 5.74) is 2.26. The van der Waals surface area contributed by atoms with E-state index in [1.807, 2.05) is 13.1 Å². The predicted octanol–water partition coefficient (Wildman–Crippen LogP) is 1.97. The molecule has 3 heterocycles. The van der Waals surface area contributed by atoms with E-state index in [-0.39, 0.29) is 0 Å². The van der Waals surface area contributed by atoms with Gasteiger partial charge in [0.05, 0.1) is 0 Å². The van der Waals surface area contributed by atoms with E-state index in [1.54, 1.807) is 6.33 Å². The first-order chi connectivity index (χ1) is 9.31. The van der Waals surface area contributed by atoms with Crippen molar-refractivity contribution < 1.29 is 0 Å². The summed E-state index contributed by atoms with van der Waals surface area (Å²) in [7, 11) is 0. The molecule has 19 heavy (non-hydrogen) atoms. The third-order valence-electron chi connectivity index (χ3n) is 3.70. The molecule has 1 aliphatic heterocycles. The smallest absolute Gasteiger partial charge is 0.132 e. The van der Waals surface area contributed by atoms with E-state index in [2.05, 4.69) is 37.2 Å². The molecule has 1 aliphatic rings. The number of H-pyrrole nitrogens is 1. The molecule has 5 heteroatoms. The molecule has 0 spiro atoms. The number of nitrogens with zero attached hydrogens (tertiary/aromatic N) is 4. The van der Waals surface area contributed by atoms with Gasteiger partial charge in [0.25, 0.3) is 0 Å². The van der Waals surface area contributed by atoms with E-state index >= 15 is 0 Å². The van der Waals surface area contributed by atoms with Crippen molar-refractivity contribution >= 4 is 5.82 Å². The van der Waals surface area contributed by atoms with Crippen molar-refractivity contribution in [3.8, 4) is 0 Å². The zero-order valence-electron chi connectivity index (χ0n) is 11.2. The Hall–Kier alpha value is -1.91. The Bertz CT molecular complexity index is 522. The molecule has 0 bridgehead atoms. The van der Waals surface area contributed by atoms with Gasteiger partial charge in [-0.05, 0) is 38.2 Å². The average Bonchev–Trinajstić information content (AvgIpc) is 2.92. The number of nitrogens with one attached hydrogen (secondary N) is 1. The molecule has 0 aromatic carbocycles. The molecule has 0 aliphatic carbocycles. The SMILES string of the molecule is Cc1cc(N2CCCC(Cc3ccn[nH]3)C2)ncn1. The van der Waals surface area contributed by atoms with Crippen LogP contribution >= 0.6 is 0 Å². The monoisotopic (exact) mass is 257 g/mol. The van der Waals surface area contributed by atoms with Crippen molar-refractivity contribution in [1.82, 2.24) is 20.2 Å². The Kier molecular flexibility index (Phi) is 3.44. The highest BCUT2D eigenvalue weighted by Crippen LogP contribution is 2.23. The van der Waals surface area contributed by atoms with Gasteiger partial charge in [-0.1, -0.05) is 0 Å². The summed E-state index contributed by atoms with van der Waals surface area (Å²) in [5.74, 6) is 1.73. The number of anilines is 1. The molecule has 1 atom stereocenters. The molecule has 0 radical (unpaired) electrons. The van der Waals surface area contributed by atoms with Gasteiger partial charge in [0.15, 0.2) is 0 Å². The predicted molar refractivity (Wildman–Crippen MR) is 74.0 cm³/mol. The van der Waals surface area contributed by atoms with Crippen LogP contribution in [-0.4, -0.2) is 33.3 Å². The maximum Gasteiger partial charge on any atom is 0.132 e. The van der Waals surface area contributed by atoms with E-state index in [0.717, 1.165) is 31.0 Å². The molecule has 1 saturated heterocycles. The molecular formula is C14H19N5. The van der Waals surface area contributed by atoms with E-state index in [9.17, 15) is 0 Å². The lowest BCUT2D eigenvalue weighted by molar-refractivity contribution is 0.408. The lowest BCUT2D eigenvalue weighted by Gasteiger charge is -2.33. The van der Waals surface area contributed by atoms with Crippen LogP contribution in [0, 0.1) is 12.8 Å². The van der Waals surface area contributed by atoms with Crippen molar-refractivity contribution in [2.75, 3.05) is 18.0 Å². The Balaban J connectivity index is 1.67. The summed E-state index contributed by atoms with van der Waals surface area (Å²) < 4.78 is 0. The third kappa shape index (κ3) is 2.92. The zero-order valence-corrected chi connectivity index (χ0v) is 11.2. The fourth-order valence-corrected chi connectivity index (χ4v) is 2.76. The van der Waals surface area contributed by atoms with Gasteiger partial charge in [-0.3, -0.25) is 5.10 Å². The third-order valence-corrected chi connectivity index (χ3v) is 3.70. The first kappa shape index (κ1) is 12.1. The number of aromatic nitrogens is 4. The van der Waals surface area contributed by atoms with Crippen LogP contribution in [0.25, 0.3) is 0 Å². The number of hydrogen-bond donors (Lipinski definition) is 1. The van der Waals surface area contributed by atoms with E-state index in [1.165, 1.54) is 18.5 Å². The van der Waals surface area contributed by atoms with Gasteiger partial charge in [-0.25, -0.2) is 9.97 Å². The summed E-state index contributed by atoms with van der Waals surface area (Å²) in [6, 6.07) is 4.13. The molecule has 1 N–H and O–H groups in total. The highest BCUT2D eigenvalue weighted by atomic mass is 15.2. The summed E-state index contributed by atoms with van der Waals surface area (Å²) in [4.78, 5) is 10.9. The molecule has 0 saturated carbocycles. The molecule has 2 aromatic heterocycles. The molecule has 2 aromatic rings. The van der Waals surface area contributed by atoms with Gasteiger partial charge in [-0.15, -0.1) is 0 Å². The first-order valence-corrected chi connectivity index (χ1v) is 6.83. The normalized spacial score (nSPS) is 19.6. The summed E-state index contributed by atoms with van der Waals surface area (Å²) >= 11 is 0. The van der Waals surface area contributed by atoms with Gasteiger partial charge in [0, 0.05) is 36.7 Å². The standard InChI is InChI=1S/C14H19N5/c1-11-7-14(16-10-15-11)19-6-2-3-12(9-19)8-13-4-5-17-18-13/h4-5,7,10,12H,2-3,6,8-9H2,1H3,(H,17,18). The number of hydrogen-bond acceptors (Lipinski definition) is 4. The number of aromatic amines is 1. The number of rotatable bonds is 3. The van der Waals surface area contributed by atoms with Crippen LogP contribution in [0.4, 0.5) is 5.82 Å². The Morgan fingerprint density at radius 1 is 1.42 bits per heavy atom. The van der Waals surface area contributed by atoms with Crippen LogP contribution < -0.4 is 4.90 Å². The van der Waals surface area contributed by atoms with Crippen LogP contribution in [0.15, 0.2) is 24.7 Å². The molecular weight excluding hydrogens is 238 g/mol. The first-order valence-electron chi connectivity index (χ1n) is 6.83. The van der Waals surface area contributed by atoms with Crippen molar-refractivity contribution in [2.24, 2.45) is 5.92 Å². The molecule has 1 fully saturated rings. The lowest BCUT2D eigenvalue weighted by Crippen LogP contribution is -2.36. The quantitative estimate of drug-likeness (QED) is 0.913. The second-order valence-corrected chi connectivity index (χ2v) is 5.26. The second kappa shape index (κ2) is 5.38. The number of piperidine rings is 1. The van der Waals surface area contributed by atoms with Gasteiger partial charge in [0.1, 0.15) is 12.1 Å². The molecule has 3 rings (SSSR count). The minimum atomic E-state index is 0.671. The second-order valence-electron chi connectivity index (χ2n) is 5.26. The van der Waals surface area contributed by atoms with Crippen molar-refractivity contribution in [3.05, 3.63) is 36.0 Å². The Morgan fingerprint density at radius 3 is 3.16 bits per heavy atom. The van der Waals surface area contributed by atoms with Crippen LogP contribution in [0.1, 0.15) is 24.2 Å². The molecule has 0 amide bonds. The Morgan fingerprint density at radius 2 is 2.37 bits per heavy atom. The van der Waals surface area contributed by atoms with Crippen molar-refractivity contribution in [1.29, 1.82) is 0 Å². The Labute approximate surface area is 113 Å². The summed E-state index contributed by atoms with van der Waals surface area (Å²) in [6.07, 6.45) is 7.05. The fraction of sp³-hybridized carbons (Fsp3) is 0.500. The van der Waals surface area contributed by atoms with Gasteiger partial charge in [0.2, 0.25) is 0 Å². The van der Waals surface area contributed by atoms with E-state index < -0.39 is 0 Å². The molecule has 5 nitrogen and oxygen atoms in total. The largest absolute Gasteiger partial charge is 0.356 e. The van der Waals surface area contributed by atoms with E-state index in [0.29, 0.717) is 5.92 Å². The van der Waals surface area contributed by atoms with Crippen molar-refractivity contribution in [2.45, 2.75) is 26.2 Å². The maximum atomic E-state index is 4.39. The molecule has 1 unspecified atom stereocenters. The maximum absolute atomic E-state index is 4.39. The summed E-state index contributed by atoms with van der Waals surface area (Å²) in [6.45, 7) is 4.17. The topological polar surface area (TPSA) is 57.7 Å². The van der Waals surface area contributed by atoms with Gasteiger partial charge < -0.3 is 4.90 Å². The highest BCUT2D eigenvalue weighted by Gasteiger charge is 2.21. The molecule has 100 valence electrons. The van der Waals surface area contributed by atoms with Gasteiger partial charge in [-0.2, -0.15) is 5.10 Å². The van der Waals surface area contributed by atoms with Crippen LogP contribution in [0.5, 0.6) is 0 Å². The van der Waals surface area contributed by atoms with Crippen LogP contribution in [0.3, 0.4) is 0 Å². The minimum absolute atomic E-state index is 0.671. The van der Waals surface area contributed by atoms with Gasteiger partial charge >= 0.3 is 0 Å².